The number of hydrogen-bond acceptors (Lipinski definition) is 2. The summed E-state index contributed by atoms with van der Waals surface area (Å²) in [5.74, 6) is -0.842. The Morgan fingerprint density at radius 2 is 1.89 bits per heavy atom. The molecule has 0 aliphatic heterocycles. The van der Waals surface area contributed by atoms with Crippen molar-refractivity contribution in [2.75, 3.05) is 6.54 Å². The van der Waals surface area contributed by atoms with E-state index in [4.69, 9.17) is 5.11 Å². The third-order valence-electron chi connectivity index (χ3n) is 5.06. The van der Waals surface area contributed by atoms with Crippen LogP contribution < -0.4 is 5.32 Å². The van der Waals surface area contributed by atoms with Gasteiger partial charge >= 0.3 is 12.0 Å². The molecule has 1 atom stereocenters. The Balaban J connectivity index is 1.75. The van der Waals surface area contributed by atoms with Gasteiger partial charge in [-0.05, 0) is 42.9 Å². The van der Waals surface area contributed by atoms with E-state index in [1.165, 1.54) is 16.7 Å². The normalized spacial score (nSPS) is 15.2. The van der Waals surface area contributed by atoms with Crippen molar-refractivity contribution in [3.63, 3.8) is 0 Å². The van der Waals surface area contributed by atoms with Crippen LogP contribution in [0.2, 0.25) is 0 Å². The van der Waals surface area contributed by atoms with Crippen LogP contribution in [0.4, 0.5) is 4.79 Å². The van der Waals surface area contributed by atoms with Gasteiger partial charge in [-0.25, -0.2) is 4.79 Å². The number of nitrogens with one attached hydrogen (secondary N) is 1. The Hall–Kier alpha value is -2.82. The van der Waals surface area contributed by atoms with Gasteiger partial charge in [0.05, 0.1) is 6.04 Å². The lowest BCUT2D eigenvalue weighted by Gasteiger charge is -2.30. The standard InChI is InChI=1S/C22H26N2O3/c1-16-8-10-17(11-9-16)15-24(22(27)23-14-4-7-21(25)26)20-13-12-18-5-2-3-6-19(18)20/h2-3,5-6,8-11,20H,4,7,12-15H2,1H3,(H,23,27)(H,25,26). The molecule has 5 nitrogen and oxygen atoms in total. The second-order valence-electron chi connectivity index (χ2n) is 7.10. The molecule has 0 saturated carbocycles. The lowest BCUT2D eigenvalue weighted by atomic mass is 10.1. The maximum atomic E-state index is 12.9. The predicted molar refractivity (Wildman–Crippen MR) is 104 cm³/mol. The van der Waals surface area contributed by atoms with Crippen LogP contribution >= 0.6 is 0 Å². The molecule has 2 aromatic carbocycles. The molecule has 0 heterocycles. The minimum atomic E-state index is -0.842. The highest BCUT2D eigenvalue weighted by Crippen LogP contribution is 2.36. The molecule has 2 amide bonds. The van der Waals surface area contributed by atoms with Gasteiger partial charge in [0.1, 0.15) is 0 Å². The number of aliphatic carboxylic acids is 1. The lowest BCUT2D eigenvalue weighted by Crippen LogP contribution is -2.41. The summed E-state index contributed by atoms with van der Waals surface area (Å²) in [5.41, 5.74) is 4.79. The average Bonchev–Trinajstić information content (AvgIpc) is 3.08. The fraction of sp³-hybridized carbons (Fsp3) is 0.364. The SMILES string of the molecule is Cc1ccc(CN(C(=O)NCCCC(=O)O)C2CCc3ccccc32)cc1. The average molecular weight is 366 g/mol. The third kappa shape index (κ3) is 4.88. The van der Waals surface area contributed by atoms with Gasteiger partial charge in [0.25, 0.3) is 0 Å². The number of nitrogens with zero attached hydrogens (tertiary/aromatic N) is 1. The van der Waals surface area contributed by atoms with Gasteiger partial charge < -0.3 is 15.3 Å². The molecule has 0 fully saturated rings. The maximum Gasteiger partial charge on any atom is 0.318 e. The zero-order valence-corrected chi connectivity index (χ0v) is 15.6. The van der Waals surface area contributed by atoms with Gasteiger partial charge in [0, 0.05) is 19.5 Å². The number of aryl methyl sites for hydroxylation is 2. The molecule has 1 unspecified atom stereocenters. The van der Waals surface area contributed by atoms with Crippen molar-refractivity contribution in [1.82, 2.24) is 10.2 Å². The number of hydrogen-bond donors (Lipinski definition) is 2. The van der Waals surface area contributed by atoms with Gasteiger partial charge in [-0.15, -0.1) is 0 Å². The van der Waals surface area contributed by atoms with E-state index in [0.717, 1.165) is 18.4 Å². The molecule has 0 bridgehead atoms. The molecule has 0 radical (unpaired) electrons. The Bertz CT molecular complexity index is 801. The lowest BCUT2D eigenvalue weighted by molar-refractivity contribution is -0.137. The Kier molecular flexibility index (Phi) is 6.12. The number of benzene rings is 2. The van der Waals surface area contributed by atoms with Crippen molar-refractivity contribution >= 4 is 12.0 Å². The van der Waals surface area contributed by atoms with E-state index in [9.17, 15) is 9.59 Å². The van der Waals surface area contributed by atoms with Crippen LogP contribution in [-0.2, 0) is 17.8 Å². The van der Waals surface area contributed by atoms with Crippen LogP contribution in [-0.4, -0.2) is 28.6 Å². The number of rotatable bonds is 7. The highest BCUT2D eigenvalue weighted by Gasteiger charge is 2.30. The molecule has 5 heteroatoms. The quantitative estimate of drug-likeness (QED) is 0.726. The zero-order chi connectivity index (χ0) is 19.2. The van der Waals surface area contributed by atoms with E-state index in [0.29, 0.717) is 19.5 Å². The molecule has 3 rings (SSSR count). The fourth-order valence-electron chi connectivity index (χ4n) is 3.61. The van der Waals surface area contributed by atoms with Crippen molar-refractivity contribution < 1.29 is 14.7 Å². The van der Waals surface area contributed by atoms with E-state index in [2.05, 4.69) is 41.7 Å². The summed E-state index contributed by atoms with van der Waals surface area (Å²) < 4.78 is 0. The Morgan fingerprint density at radius 1 is 1.15 bits per heavy atom. The number of urea groups is 1. The summed E-state index contributed by atoms with van der Waals surface area (Å²) in [4.78, 5) is 25.5. The van der Waals surface area contributed by atoms with Gasteiger partial charge in [0.15, 0.2) is 0 Å². The fourth-order valence-corrected chi connectivity index (χ4v) is 3.61. The van der Waals surface area contributed by atoms with Gasteiger partial charge in [-0.2, -0.15) is 0 Å². The number of carbonyl (C=O) groups excluding carboxylic acids is 1. The van der Waals surface area contributed by atoms with Crippen LogP contribution in [0.1, 0.15) is 47.6 Å². The largest absolute Gasteiger partial charge is 0.481 e. The summed E-state index contributed by atoms with van der Waals surface area (Å²) in [7, 11) is 0. The Morgan fingerprint density at radius 3 is 2.63 bits per heavy atom. The van der Waals surface area contributed by atoms with Crippen LogP contribution in [0.25, 0.3) is 0 Å². The number of carbonyl (C=O) groups is 2. The predicted octanol–water partition coefficient (Wildman–Crippen LogP) is 4.06. The molecule has 1 aliphatic rings. The number of carboxylic acids is 1. The van der Waals surface area contributed by atoms with Crippen molar-refractivity contribution in [3.05, 3.63) is 70.8 Å². The summed E-state index contributed by atoms with van der Waals surface area (Å²) in [6.45, 7) is 2.94. The Labute approximate surface area is 160 Å². The minimum Gasteiger partial charge on any atom is -0.481 e. The third-order valence-corrected chi connectivity index (χ3v) is 5.06. The van der Waals surface area contributed by atoms with Gasteiger partial charge in [-0.3, -0.25) is 4.79 Å². The first-order valence-electron chi connectivity index (χ1n) is 9.44. The number of carboxylic acid groups (broad SMARTS) is 1. The van der Waals surface area contributed by atoms with Crippen molar-refractivity contribution in [3.8, 4) is 0 Å². The number of amides is 2. The second-order valence-corrected chi connectivity index (χ2v) is 7.10. The first-order chi connectivity index (χ1) is 13.0. The first kappa shape index (κ1) is 19.0. The maximum absolute atomic E-state index is 12.9. The molecule has 1 aliphatic carbocycles. The van der Waals surface area contributed by atoms with Crippen molar-refractivity contribution in [2.24, 2.45) is 0 Å². The van der Waals surface area contributed by atoms with Crippen LogP contribution in [0, 0.1) is 6.92 Å². The van der Waals surface area contributed by atoms with Gasteiger partial charge in [0.2, 0.25) is 0 Å². The van der Waals surface area contributed by atoms with E-state index < -0.39 is 5.97 Å². The highest BCUT2D eigenvalue weighted by molar-refractivity contribution is 5.75. The first-order valence-corrected chi connectivity index (χ1v) is 9.44. The molecular weight excluding hydrogens is 340 g/mol. The molecule has 27 heavy (non-hydrogen) atoms. The molecule has 0 spiro atoms. The van der Waals surface area contributed by atoms with Crippen LogP contribution in [0.15, 0.2) is 48.5 Å². The van der Waals surface area contributed by atoms with Gasteiger partial charge in [-0.1, -0.05) is 54.1 Å². The topological polar surface area (TPSA) is 69.6 Å². The zero-order valence-electron chi connectivity index (χ0n) is 15.6. The smallest absolute Gasteiger partial charge is 0.318 e. The molecule has 2 aromatic rings. The monoisotopic (exact) mass is 366 g/mol. The van der Waals surface area contributed by atoms with E-state index in [1.807, 2.05) is 24.0 Å². The molecule has 0 aromatic heterocycles. The van der Waals surface area contributed by atoms with E-state index in [-0.39, 0.29) is 18.5 Å². The van der Waals surface area contributed by atoms with Crippen molar-refractivity contribution in [2.45, 2.75) is 45.2 Å². The summed E-state index contributed by atoms with van der Waals surface area (Å²) in [6, 6.07) is 16.4. The summed E-state index contributed by atoms with van der Waals surface area (Å²) >= 11 is 0. The summed E-state index contributed by atoms with van der Waals surface area (Å²) in [5, 5.41) is 11.7. The molecule has 0 saturated heterocycles. The van der Waals surface area contributed by atoms with Crippen LogP contribution in [0.5, 0.6) is 0 Å². The minimum absolute atomic E-state index is 0.0435. The summed E-state index contributed by atoms with van der Waals surface area (Å²) in [6.07, 6.45) is 2.37. The van der Waals surface area contributed by atoms with E-state index >= 15 is 0 Å². The van der Waals surface area contributed by atoms with E-state index in [1.54, 1.807) is 0 Å². The molecule has 142 valence electrons. The second kappa shape index (κ2) is 8.71. The number of fused-ring (bicyclic) bond motifs is 1. The molecular formula is C22H26N2O3. The highest BCUT2D eigenvalue weighted by atomic mass is 16.4. The molecule has 2 N–H and O–H groups in total. The van der Waals surface area contributed by atoms with Crippen LogP contribution in [0.3, 0.4) is 0 Å². The van der Waals surface area contributed by atoms with Crippen molar-refractivity contribution in [1.29, 1.82) is 0 Å².